The maximum absolute atomic E-state index is 12.4. The highest BCUT2D eigenvalue weighted by Gasteiger charge is 2.37. The van der Waals surface area contributed by atoms with Crippen LogP contribution in [0.2, 0.25) is 0 Å². The monoisotopic (exact) mass is 336 g/mol. The van der Waals surface area contributed by atoms with Gasteiger partial charge in [0.05, 0.1) is 4.91 Å². The normalized spacial score (nSPS) is 20.5. The van der Waals surface area contributed by atoms with Gasteiger partial charge in [0.1, 0.15) is 6.54 Å². The number of aryl methyl sites for hydroxylation is 1. The molecule has 3 amide bonds. The van der Waals surface area contributed by atoms with Crippen LogP contribution in [-0.4, -0.2) is 46.5 Å². The number of carbonyl (C=O) groups is 3. The maximum atomic E-state index is 12.4. The summed E-state index contributed by atoms with van der Waals surface area (Å²) in [6.07, 6.45) is 3.72. The average Bonchev–Trinajstić information content (AvgIpc) is 3.19. The van der Waals surface area contributed by atoms with Gasteiger partial charge in [-0.1, -0.05) is 0 Å². The molecule has 7 heteroatoms. The first-order valence-electron chi connectivity index (χ1n) is 7.13. The molecular weight excluding hydrogens is 320 g/mol. The van der Waals surface area contributed by atoms with Crippen LogP contribution in [0.5, 0.6) is 0 Å². The molecule has 2 fully saturated rings. The van der Waals surface area contributed by atoms with Crippen molar-refractivity contribution in [2.24, 2.45) is 0 Å². The van der Waals surface area contributed by atoms with Gasteiger partial charge in [0, 0.05) is 18.0 Å². The van der Waals surface area contributed by atoms with Gasteiger partial charge in [0.2, 0.25) is 5.91 Å². The SMILES string of the molecule is Cc1ccsc1/C=C1/SC(=O)N(CC(=O)N2CCCC2)C1=O. The Labute approximate surface area is 137 Å². The Morgan fingerprint density at radius 3 is 2.68 bits per heavy atom. The molecule has 0 saturated carbocycles. The van der Waals surface area contributed by atoms with Crippen molar-refractivity contribution in [3.63, 3.8) is 0 Å². The van der Waals surface area contributed by atoms with Crippen molar-refractivity contribution in [2.75, 3.05) is 19.6 Å². The summed E-state index contributed by atoms with van der Waals surface area (Å²) in [4.78, 5) is 40.6. The average molecular weight is 336 g/mol. The van der Waals surface area contributed by atoms with E-state index in [2.05, 4.69) is 0 Å². The summed E-state index contributed by atoms with van der Waals surface area (Å²) in [7, 11) is 0. The van der Waals surface area contributed by atoms with E-state index in [1.807, 2.05) is 18.4 Å². The van der Waals surface area contributed by atoms with Crippen LogP contribution in [-0.2, 0) is 9.59 Å². The van der Waals surface area contributed by atoms with E-state index in [-0.39, 0.29) is 23.6 Å². The zero-order valence-electron chi connectivity index (χ0n) is 12.2. The third-order valence-corrected chi connectivity index (χ3v) is 5.66. The summed E-state index contributed by atoms with van der Waals surface area (Å²) in [5, 5.41) is 1.58. The second kappa shape index (κ2) is 6.26. The summed E-state index contributed by atoms with van der Waals surface area (Å²) >= 11 is 2.44. The molecule has 1 aromatic rings. The van der Waals surface area contributed by atoms with Crippen LogP contribution in [0.15, 0.2) is 16.4 Å². The topological polar surface area (TPSA) is 57.7 Å². The number of amides is 3. The summed E-state index contributed by atoms with van der Waals surface area (Å²) < 4.78 is 0. The van der Waals surface area contributed by atoms with Crippen LogP contribution in [0, 0.1) is 6.92 Å². The lowest BCUT2D eigenvalue weighted by molar-refractivity contribution is -0.135. The summed E-state index contributed by atoms with van der Waals surface area (Å²) in [5.41, 5.74) is 1.07. The standard InChI is InChI=1S/C15H16N2O3S2/c1-10-4-7-21-11(10)8-12-14(19)17(15(20)22-12)9-13(18)16-5-2-3-6-16/h4,7-8H,2-3,5-6,9H2,1H3/b12-8+. The number of hydrogen-bond donors (Lipinski definition) is 0. The van der Waals surface area contributed by atoms with Crippen molar-refractivity contribution in [1.82, 2.24) is 9.80 Å². The minimum absolute atomic E-state index is 0.145. The zero-order chi connectivity index (χ0) is 15.7. The van der Waals surface area contributed by atoms with Crippen LogP contribution in [0.4, 0.5) is 4.79 Å². The van der Waals surface area contributed by atoms with Crippen molar-refractivity contribution < 1.29 is 14.4 Å². The lowest BCUT2D eigenvalue weighted by Gasteiger charge is -2.18. The number of thiophene rings is 1. The summed E-state index contributed by atoms with van der Waals surface area (Å²) in [6.45, 7) is 3.26. The fourth-order valence-electron chi connectivity index (χ4n) is 2.49. The molecule has 2 aliphatic heterocycles. The summed E-state index contributed by atoms with van der Waals surface area (Å²) in [5.74, 6) is -0.510. The molecule has 3 rings (SSSR count). The Bertz CT molecular complexity index is 659. The highest BCUT2D eigenvalue weighted by atomic mass is 32.2. The molecule has 116 valence electrons. The molecule has 0 N–H and O–H groups in total. The van der Waals surface area contributed by atoms with E-state index in [1.54, 1.807) is 11.0 Å². The van der Waals surface area contributed by atoms with Crippen molar-refractivity contribution >= 4 is 46.2 Å². The van der Waals surface area contributed by atoms with E-state index in [0.29, 0.717) is 4.91 Å². The van der Waals surface area contributed by atoms with Crippen LogP contribution in [0.3, 0.4) is 0 Å². The van der Waals surface area contributed by atoms with Gasteiger partial charge in [0.15, 0.2) is 0 Å². The zero-order valence-corrected chi connectivity index (χ0v) is 13.8. The fourth-order valence-corrected chi connectivity index (χ4v) is 4.24. The van der Waals surface area contributed by atoms with Crippen molar-refractivity contribution in [1.29, 1.82) is 0 Å². The molecular formula is C15H16N2O3S2. The van der Waals surface area contributed by atoms with E-state index < -0.39 is 0 Å². The predicted octanol–water partition coefficient (Wildman–Crippen LogP) is 2.72. The minimum atomic E-state index is -0.365. The molecule has 0 bridgehead atoms. The quantitative estimate of drug-likeness (QED) is 0.797. The van der Waals surface area contributed by atoms with Gasteiger partial charge in [-0.3, -0.25) is 19.3 Å². The van der Waals surface area contributed by atoms with E-state index in [4.69, 9.17) is 0 Å². The number of likely N-dealkylation sites (tertiary alicyclic amines) is 1. The number of thioether (sulfide) groups is 1. The molecule has 2 aliphatic rings. The second-order valence-corrected chi connectivity index (χ2v) is 7.26. The van der Waals surface area contributed by atoms with Crippen molar-refractivity contribution in [3.8, 4) is 0 Å². The minimum Gasteiger partial charge on any atom is -0.341 e. The number of carbonyl (C=O) groups excluding carboxylic acids is 3. The molecule has 0 aliphatic carbocycles. The largest absolute Gasteiger partial charge is 0.341 e. The number of nitrogens with zero attached hydrogens (tertiary/aromatic N) is 2. The molecule has 0 atom stereocenters. The first-order chi connectivity index (χ1) is 10.6. The molecule has 0 aromatic carbocycles. The second-order valence-electron chi connectivity index (χ2n) is 5.32. The highest BCUT2D eigenvalue weighted by Crippen LogP contribution is 2.33. The van der Waals surface area contributed by atoms with Gasteiger partial charge in [-0.25, -0.2) is 0 Å². The Balaban J connectivity index is 1.73. The first kappa shape index (κ1) is 15.3. The maximum Gasteiger partial charge on any atom is 0.294 e. The van der Waals surface area contributed by atoms with E-state index in [1.165, 1.54) is 11.3 Å². The number of hydrogen-bond acceptors (Lipinski definition) is 5. The molecule has 3 heterocycles. The van der Waals surface area contributed by atoms with Gasteiger partial charge in [0.25, 0.3) is 11.1 Å². The van der Waals surface area contributed by atoms with Crippen LogP contribution in [0.25, 0.3) is 6.08 Å². The molecule has 0 radical (unpaired) electrons. The van der Waals surface area contributed by atoms with E-state index in [0.717, 1.165) is 53.0 Å². The molecule has 2 saturated heterocycles. The van der Waals surface area contributed by atoms with Crippen LogP contribution in [0.1, 0.15) is 23.3 Å². The Morgan fingerprint density at radius 2 is 2.05 bits per heavy atom. The molecule has 5 nitrogen and oxygen atoms in total. The third-order valence-electron chi connectivity index (χ3n) is 3.79. The molecule has 1 aromatic heterocycles. The highest BCUT2D eigenvalue weighted by molar-refractivity contribution is 8.18. The number of imide groups is 1. The third kappa shape index (κ3) is 2.96. The molecule has 22 heavy (non-hydrogen) atoms. The Hall–Kier alpha value is -1.60. The Morgan fingerprint density at radius 1 is 1.32 bits per heavy atom. The van der Waals surface area contributed by atoms with Crippen molar-refractivity contribution in [3.05, 3.63) is 26.8 Å². The molecule has 0 unspecified atom stereocenters. The van der Waals surface area contributed by atoms with E-state index >= 15 is 0 Å². The van der Waals surface area contributed by atoms with Crippen LogP contribution >= 0.6 is 23.1 Å². The van der Waals surface area contributed by atoms with Gasteiger partial charge in [-0.15, -0.1) is 11.3 Å². The lowest BCUT2D eigenvalue weighted by atomic mass is 10.2. The van der Waals surface area contributed by atoms with Gasteiger partial charge in [-0.2, -0.15) is 0 Å². The van der Waals surface area contributed by atoms with Crippen LogP contribution < -0.4 is 0 Å². The first-order valence-corrected chi connectivity index (χ1v) is 8.83. The summed E-state index contributed by atoms with van der Waals surface area (Å²) in [6, 6.07) is 1.97. The Kier molecular flexibility index (Phi) is 4.35. The molecule has 0 spiro atoms. The number of rotatable bonds is 3. The smallest absolute Gasteiger partial charge is 0.294 e. The van der Waals surface area contributed by atoms with Gasteiger partial charge in [-0.05, 0) is 54.6 Å². The van der Waals surface area contributed by atoms with Crippen molar-refractivity contribution in [2.45, 2.75) is 19.8 Å². The van der Waals surface area contributed by atoms with Gasteiger partial charge >= 0.3 is 0 Å². The lowest BCUT2D eigenvalue weighted by Crippen LogP contribution is -2.40. The fraction of sp³-hybridized carbons (Fsp3) is 0.400. The van der Waals surface area contributed by atoms with Gasteiger partial charge < -0.3 is 4.90 Å². The van der Waals surface area contributed by atoms with E-state index in [9.17, 15) is 14.4 Å². The predicted molar refractivity (Wildman–Crippen MR) is 87.5 cm³/mol.